The van der Waals surface area contributed by atoms with Gasteiger partial charge in [0, 0.05) is 37.1 Å². The molecule has 3 N–H and O–H groups in total. The van der Waals surface area contributed by atoms with E-state index in [2.05, 4.69) is 44.0 Å². The summed E-state index contributed by atoms with van der Waals surface area (Å²) < 4.78 is 0. The van der Waals surface area contributed by atoms with Crippen molar-refractivity contribution in [1.29, 1.82) is 0 Å². The number of hydrogen-bond donors (Lipinski definition) is 3. The van der Waals surface area contributed by atoms with E-state index in [0.29, 0.717) is 12.0 Å². The largest absolute Gasteiger partial charge is 0.323 e. The van der Waals surface area contributed by atoms with Gasteiger partial charge in [-0.1, -0.05) is 13.0 Å². The summed E-state index contributed by atoms with van der Waals surface area (Å²) in [6.07, 6.45) is 13.2. The highest BCUT2D eigenvalue weighted by Crippen LogP contribution is 2.40. The molecule has 1 aliphatic carbocycles. The summed E-state index contributed by atoms with van der Waals surface area (Å²) in [5.74, 6) is 1.56. The number of rotatable bonds is 5. The Labute approximate surface area is 190 Å². The maximum absolute atomic E-state index is 13.0. The first kappa shape index (κ1) is 21.5. The van der Waals surface area contributed by atoms with Crippen LogP contribution in [0.3, 0.4) is 0 Å². The Bertz CT molecular complexity index is 914. The van der Waals surface area contributed by atoms with E-state index in [4.69, 9.17) is 0 Å². The van der Waals surface area contributed by atoms with Crippen LogP contribution >= 0.6 is 0 Å². The molecule has 1 saturated carbocycles. The number of carbonyl (C=O) groups excluding carboxylic acids is 1. The van der Waals surface area contributed by atoms with E-state index in [1.807, 2.05) is 24.5 Å². The predicted octanol–water partition coefficient (Wildman–Crippen LogP) is 3.08. The minimum absolute atomic E-state index is 0.00449. The second-order valence-corrected chi connectivity index (χ2v) is 9.86. The molecule has 2 aliphatic heterocycles. The van der Waals surface area contributed by atoms with Gasteiger partial charge in [0.2, 0.25) is 5.91 Å². The first-order valence-corrected chi connectivity index (χ1v) is 12.0. The van der Waals surface area contributed by atoms with Gasteiger partial charge in [-0.3, -0.25) is 25.1 Å². The SMILES string of the molecule is CC1CCN(Cc2cncc(C3CCC4NNC(C(=O)Nc5cccnc5)C4C3)c2)CC1. The molecule has 3 fully saturated rings. The molecule has 0 spiro atoms. The molecule has 4 atom stereocenters. The van der Waals surface area contributed by atoms with Gasteiger partial charge in [-0.05, 0) is 80.3 Å². The zero-order valence-electron chi connectivity index (χ0n) is 18.8. The highest BCUT2D eigenvalue weighted by Gasteiger charge is 2.44. The van der Waals surface area contributed by atoms with Crippen molar-refractivity contribution in [1.82, 2.24) is 25.7 Å². The Kier molecular flexibility index (Phi) is 6.48. The molecule has 0 radical (unpaired) electrons. The summed E-state index contributed by atoms with van der Waals surface area (Å²) in [5.41, 5.74) is 9.99. The first-order chi connectivity index (χ1) is 15.7. The average molecular weight is 435 g/mol. The third kappa shape index (κ3) is 4.85. The number of hydrogen-bond acceptors (Lipinski definition) is 6. The number of hydrazine groups is 1. The lowest BCUT2D eigenvalue weighted by Crippen LogP contribution is -2.42. The Hall–Kier alpha value is -2.35. The molecule has 0 aromatic carbocycles. The fraction of sp³-hybridized carbons (Fsp3) is 0.560. The molecule has 7 heteroatoms. The van der Waals surface area contributed by atoms with Gasteiger partial charge in [0.05, 0.1) is 11.9 Å². The summed E-state index contributed by atoms with van der Waals surface area (Å²) in [6, 6.07) is 6.15. The second kappa shape index (κ2) is 9.65. The molecule has 1 amide bonds. The zero-order chi connectivity index (χ0) is 21.9. The number of anilines is 1. The van der Waals surface area contributed by atoms with Crippen LogP contribution in [0.4, 0.5) is 5.69 Å². The molecule has 2 aromatic rings. The van der Waals surface area contributed by atoms with E-state index in [0.717, 1.165) is 37.4 Å². The van der Waals surface area contributed by atoms with Crippen molar-refractivity contribution in [2.75, 3.05) is 18.4 Å². The van der Waals surface area contributed by atoms with E-state index < -0.39 is 0 Å². The number of likely N-dealkylation sites (tertiary alicyclic amines) is 1. The maximum Gasteiger partial charge on any atom is 0.243 e. The first-order valence-electron chi connectivity index (χ1n) is 12.0. The van der Waals surface area contributed by atoms with Gasteiger partial charge in [-0.25, -0.2) is 5.43 Å². The van der Waals surface area contributed by atoms with Gasteiger partial charge < -0.3 is 5.32 Å². The molecule has 170 valence electrons. The normalized spacial score (nSPS) is 28.9. The van der Waals surface area contributed by atoms with Crippen LogP contribution in [-0.4, -0.2) is 45.9 Å². The number of nitrogens with one attached hydrogen (secondary N) is 3. The van der Waals surface area contributed by atoms with Crippen molar-refractivity contribution in [2.45, 2.75) is 63.6 Å². The zero-order valence-corrected chi connectivity index (χ0v) is 18.8. The molecule has 2 aromatic heterocycles. The van der Waals surface area contributed by atoms with Crippen molar-refractivity contribution in [3.63, 3.8) is 0 Å². The van der Waals surface area contributed by atoms with Gasteiger partial charge in [0.25, 0.3) is 0 Å². The van der Waals surface area contributed by atoms with Gasteiger partial charge in [-0.15, -0.1) is 0 Å². The number of amides is 1. The quantitative estimate of drug-likeness (QED) is 0.671. The van der Waals surface area contributed by atoms with Crippen LogP contribution in [-0.2, 0) is 11.3 Å². The molecule has 5 rings (SSSR count). The van der Waals surface area contributed by atoms with Crippen molar-refractivity contribution in [2.24, 2.45) is 11.8 Å². The lowest BCUT2D eigenvalue weighted by Gasteiger charge is -2.33. The van der Waals surface area contributed by atoms with Gasteiger partial charge in [0.1, 0.15) is 6.04 Å². The molecule has 4 unspecified atom stereocenters. The number of pyridine rings is 2. The molecule has 4 heterocycles. The minimum Gasteiger partial charge on any atom is -0.323 e. The fourth-order valence-corrected chi connectivity index (χ4v) is 5.57. The van der Waals surface area contributed by atoms with Crippen LogP contribution in [0.1, 0.15) is 56.1 Å². The smallest absolute Gasteiger partial charge is 0.243 e. The van der Waals surface area contributed by atoms with E-state index in [9.17, 15) is 4.79 Å². The van der Waals surface area contributed by atoms with E-state index in [1.165, 1.54) is 37.1 Å². The van der Waals surface area contributed by atoms with Gasteiger partial charge >= 0.3 is 0 Å². The molecule has 7 nitrogen and oxygen atoms in total. The Morgan fingerprint density at radius 1 is 1.12 bits per heavy atom. The van der Waals surface area contributed by atoms with Crippen LogP contribution in [0.2, 0.25) is 0 Å². The summed E-state index contributed by atoms with van der Waals surface area (Å²) in [5, 5.41) is 3.01. The monoisotopic (exact) mass is 434 g/mol. The topological polar surface area (TPSA) is 82.2 Å². The average Bonchev–Trinajstić information content (AvgIpc) is 3.25. The molecule has 2 saturated heterocycles. The number of carbonyl (C=O) groups is 1. The number of nitrogens with zero attached hydrogens (tertiary/aromatic N) is 3. The van der Waals surface area contributed by atoms with E-state index in [-0.39, 0.29) is 17.9 Å². The predicted molar refractivity (Wildman–Crippen MR) is 125 cm³/mol. The van der Waals surface area contributed by atoms with Crippen molar-refractivity contribution < 1.29 is 4.79 Å². The number of fused-ring (bicyclic) bond motifs is 1. The Morgan fingerprint density at radius 3 is 2.81 bits per heavy atom. The summed E-state index contributed by atoms with van der Waals surface area (Å²) >= 11 is 0. The maximum atomic E-state index is 13.0. The van der Waals surface area contributed by atoms with Crippen LogP contribution in [0, 0.1) is 11.8 Å². The molecular weight excluding hydrogens is 400 g/mol. The lowest BCUT2D eigenvalue weighted by atomic mass is 9.73. The van der Waals surface area contributed by atoms with Crippen LogP contribution < -0.4 is 16.2 Å². The van der Waals surface area contributed by atoms with E-state index in [1.54, 1.807) is 12.4 Å². The van der Waals surface area contributed by atoms with Crippen LogP contribution in [0.5, 0.6) is 0 Å². The summed E-state index contributed by atoms with van der Waals surface area (Å²) in [6.45, 7) is 5.71. The molecule has 3 aliphatic rings. The van der Waals surface area contributed by atoms with E-state index >= 15 is 0 Å². The number of piperidine rings is 1. The van der Waals surface area contributed by atoms with Crippen LogP contribution in [0.15, 0.2) is 43.0 Å². The van der Waals surface area contributed by atoms with Gasteiger partial charge in [0.15, 0.2) is 0 Å². The molecule has 32 heavy (non-hydrogen) atoms. The van der Waals surface area contributed by atoms with Crippen molar-refractivity contribution in [3.05, 3.63) is 54.1 Å². The van der Waals surface area contributed by atoms with Crippen LogP contribution in [0.25, 0.3) is 0 Å². The lowest BCUT2D eigenvalue weighted by molar-refractivity contribution is -0.119. The number of aromatic nitrogens is 2. The highest BCUT2D eigenvalue weighted by molar-refractivity contribution is 5.95. The minimum atomic E-state index is -0.241. The highest BCUT2D eigenvalue weighted by atomic mass is 16.2. The van der Waals surface area contributed by atoms with Crippen molar-refractivity contribution in [3.8, 4) is 0 Å². The fourth-order valence-electron chi connectivity index (χ4n) is 5.57. The molecular formula is C25H34N6O. The van der Waals surface area contributed by atoms with Crippen molar-refractivity contribution >= 4 is 11.6 Å². The summed E-state index contributed by atoms with van der Waals surface area (Å²) in [7, 11) is 0. The Morgan fingerprint density at radius 2 is 2.00 bits per heavy atom. The Balaban J connectivity index is 1.23. The summed E-state index contributed by atoms with van der Waals surface area (Å²) in [4.78, 5) is 24.2. The second-order valence-electron chi connectivity index (χ2n) is 9.86. The molecule has 0 bridgehead atoms. The standard InChI is InChI=1S/C25H34N6O/c1-17-6-9-31(10-7-17)16-18-11-20(14-27-13-18)19-4-5-23-22(12-19)24(30-29-23)25(32)28-21-3-2-8-26-15-21/h2-3,8,11,13-15,17,19,22-24,29-30H,4-7,9-10,12,16H2,1H3,(H,28,32). The third-order valence-corrected chi connectivity index (χ3v) is 7.53. The third-order valence-electron chi connectivity index (χ3n) is 7.53. The van der Waals surface area contributed by atoms with Gasteiger partial charge in [-0.2, -0.15) is 0 Å².